The lowest BCUT2D eigenvalue weighted by molar-refractivity contribution is -0.120. The van der Waals surface area contributed by atoms with Crippen molar-refractivity contribution in [3.8, 4) is 0 Å². The number of pyridine rings is 1. The zero-order chi connectivity index (χ0) is 12.4. The molecule has 0 aliphatic heterocycles. The molecule has 1 aromatic rings. The van der Waals surface area contributed by atoms with Crippen molar-refractivity contribution in [2.75, 3.05) is 11.9 Å². The van der Waals surface area contributed by atoms with Crippen molar-refractivity contribution in [1.82, 2.24) is 4.98 Å². The van der Waals surface area contributed by atoms with E-state index in [9.17, 15) is 4.79 Å². The molecule has 17 heavy (non-hydrogen) atoms. The molecule has 0 N–H and O–H groups in total. The Labute approximate surface area is 114 Å². The van der Waals surface area contributed by atoms with Crippen molar-refractivity contribution in [3.63, 3.8) is 0 Å². The summed E-state index contributed by atoms with van der Waals surface area (Å²) in [5, 5.41) is 0.638. The Morgan fingerprint density at radius 1 is 1.47 bits per heavy atom. The summed E-state index contributed by atoms with van der Waals surface area (Å²) in [4.78, 5) is 17.6. The second-order valence-electron chi connectivity index (χ2n) is 4.34. The Kier molecular flexibility index (Phi) is 4.05. The highest BCUT2D eigenvalue weighted by Crippen LogP contribution is 2.30. The molecule has 0 aromatic carbocycles. The lowest BCUT2D eigenvalue weighted by atomic mass is 9.93. The summed E-state index contributed by atoms with van der Waals surface area (Å²) in [6.45, 7) is 0. The maximum absolute atomic E-state index is 11.2. The van der Waals surface area contributed by atoms with Gasteiger partial charge in [-0.3, -0.25) is 4.79 Å². The van der Waals surface area contributed by atoms with Crippen LogP contribution in [0.4, 0.5) is 5.82 Å². The third-order valence-electron chi connectivity index (χ3n) is 3.18. The number of aromatic nitrogens is 1. The number of rotatable bonds is 2. The first kappa shape index (κ1) is 12.8. The van der Waals surface area contributed by atoms with Crippen LogP contribution in [0.5, 0.6) is 0 Å². The molecule has 1 heterocycles. The minimum absolute atomic E-state index is 0.360. The van der Waals surface area contributed by atoms with Gasteiger partial charge in [-0.25, -0.2) is 4.98 Å². The molecule has 1 fully saturated rings. The Bertz CT molecular complexity index is 429. The second kappa shape index (κ2) is 5.36. The smallest absolute Gasteiger partial charge is 0.147 e. The molecule has 92 valence electrons. The van der Waals surface area contributed by atoms with Gasteiger partial charge in [-0.1, -0.05) is 11.6 Å². The molecule has 0 radical (unpaired) electrons. The molecule has 0 spiro atoms. The summed E-state index contributed by atoms with van der Waals surface area (Å²) in [7, 11) is 1.99. The number of carbonyl (C=O) groups excluding carboxylic acids is 1. The molecule has 0 atom stereocenters. The molecule has 0 amide bonds. The molecule has 0 unspecified atom stereocenters. The van der Waals surface area contributed by atoms with Crippen LogP contribution in [-0.4, -0.2) is 23.9 Å². The molecule has 5 heteroatoms. The van der Waals surface area contributed by atoms with Crippen LogP contribution < -0.4 is 4.90 Å². The molecule has 2 rings (SSSR count). The lowest BCUT2D eigenvalue weighted by Gasteiger charge is -2.32. The van der Waals surface area contributed by atoms with E-state index in [4.69, 9.17) is 11.6 Å². The van der Waals surface area contributed by atoms with Crippen LogP contribution >= 0.6 is 27.5 Å². The topological polar surface area (TPSA) is 33.2 Å². The van der Waals surface area contributed by atoms with Crippen LogP contribution in [0.15, 0.2) is 16.7 Å². The predicted molar refractivity (Wildman–Crippen MR) is 72.6 cm³/mol. The van der Waals surface area contributed by atoms with Crippen LogP contribution in [0.2, 0.25) is 5.02 Å². The summed E-state index contributed by atoms with van der Waals surface area (Å²) in [5.41, 5.74) is 0. The number of halogens is 2. The maximum atomic E-state index is 11.2. The van der Waals surface area contributed by atoms with Gasteiger partial charge in [0.05, 0.1) is 5.02 Å². The lowest BCUT2D eigenvalue weighted by Crippen LogP contribution is -2.35. The fourth-order valence-electron chi connectivity index (χ4n) is 2.15. The third kappa shape index (κ3) is 2.99. The van der Waals surface area contributed by atoms with Gasteiger partial charge in [0.1, 0.15) is 11.6 Å². The first-order valence-corrected chi connectivity index (χ1v) is 6.80. The fraction of sp³-hybridized carbons (Fsp3) is 0.500. The summed E-state index contributed by atoms with van der Waals surface area (Å²) in [6, 6.07) is 2.20. The Hall–Kier alpha value is -0.610. The van der Waals surface area contributed by atoms with Crippen LogP contribution in [0.1, 0.15) is 25.7 Å². The summed E-state index contributed by atoms with van der Waals surface area (Å²) >= 11 is 9.51. The third-order valence-corrected chi connectivity index (χ3v) is 3.89. The molecular formula is C12H14BrClN2O. The molecule has 1 aliphatic carbocycles. The van der Waals surface area contributed by atoms with E-state index in [2.05, 4.69) is 25.8 Å². The maximum Gasteiger partial charge on any atom is 0.147 e. The Balaban J connectivity index is 2.13. The van der Waals surface area contributed by atoms with Gasteiger partial charge >= 0.3 is 0 Å². The number of Topliss-reactive ketones (excluding diaryl/α,β-unsaturated/α-hetero) is 1. The van der Waals surface area contributed by atoms with Gasteiger partial charge in [0, 0.05) is 36.6 Å². The number of carbonyl (C=O) groups is 1. The molecule has 0 bridgehead atoms. The van der Waals surface area contributed by atoms with E-state index in [1.807, 2.05) is 13.1 Å². The van der Waals surface area contributed by atoms with Gasteiger partial charge in [0.25, 0.3) is 0 Å². The molecule has 1 aromatic heterocycles. The van der Waals surface area contributed by atoms with Crippen molar-refractivity contribution in [1.29, 1.82) is 0 Å². The van der Waals surface area contributed by atoms with Crippen LogP contribution in [0.3, 0.4) is 0 Å². The van der Waals surface area contributed by atoms with E-state index >= 15 is 0 Å². The Morgan fingerprint density at radius 2 is 2.12 bits per heavy atom. The van der Waals surface area contributed by atoms with Crippen molar-refractivity contribution < 1.29 is 4.79 Å². The highest BCUT2D eigenvalue weighted by Gasteiger charge is 2.24. The molecule has 0 saturated heterocycles. The highest BCUT2D eigenvalue weighted by molar-refractivity contribution is 9.10. The van der Waals surface area contributed by atoms with E-state index in [1.54, 1.807) is 6.20 Å². The minimum atomic E-state index is 0.360. The van der Waals surface area contributed by atoms with E-state index in [-0.39, 0.29) is 0 Å². The standard InChI is InChI=1S/C12H14BrClN2O/c1-16(9-2-4-10(17)5-3-9)12-11(14)6-8(13)7-15-12/h6-7,9H,2-5H2,1H3. The van der Waals surface area contributed by atoms with E-state index in [0.29, 0.717) is 29.7 Å². The van der Waals surface area contributed by atoms with E-state index in [0.717, 1.165) is 23.1 Å². The Morgan fingerprint density at radius 3 is 2.71 bits per heavy atom. The summed E-state index contributed by atoms with van der Waals surface area (Å²) < 4.78 is 0.874. The number of nitrogens with zero attached hydrogens (tertiary/aromatic N) is 2. The average molecular weight is 318 g/mol. The molecule has 3 nitrogen and oxygen atoms in total. The van der Waals surface area contributed by atoms with Gasteiger partial charge in [-0.2, -0.15) is 0 Å². The van der Waals surface area contributed by atoms with Crippen LogP contribution in [0.25, 0.3) is 0 Å². The fourth-order valence-corrected chi connectivity index (χ4v) is 2.91. The number of ketones is 1. The summed E-state index contributed by atoms with van der Waals surface area (Å²) in [6.07, 6.45) is 4.87. The number of hydrogen-bond acceptors (Lipinski definition) is 3. The largest absolute Gasteiger partial charge is 0.355 e. The molecular weight excluding hydrogens is 304 g/mol. The van der Waals surface area contributed by atoms with Gasteiger partial charge in [0.15, 0.2) is 0 Å². The normalized spacial score (nSPS) is 17.2. The highest BCUT2D eigenvalue weighted by atomic mass is 79.9. The number of hydrogen-bond donors (Lipinski definition) is 0. The molecule has 1 saturated carbocycles. The number of anilines is 1. The van der Waals surface area contributed by atoms with Gasteiger partial charge in [-0.05, 0) is 34.8 Å². The summed E-state index contributed by atoms with van der Waals surface area (Å²) in [5.74, 6) is 1.15. The van der Waals surface area contributed by atoms with Gasteiger partial charge in [-0.15, -0.1) is 0 Å². The second-order valence-corrected chi connectivity index (χ2v) is 5.66. The SMILES string of the molecule is CN(c1ncc(Br)cc1Cl)C1CCC(=O)CC1. The van der Waals surface area contributed by atoms with Crippen molar-refractivity contribution >= 4 is 39.1 Å². The minimum Gasteiger partial charge on any atom is -0.355 e. The monoisotopic (exact) mass is 316 g/mol. The van der Waals surface area contributed by atoms with Crippen molar-refractivity contribution in [2.24, 2.45) is 0 Å². The molecule has 1 aliphatic rings. The first-order valence-electron chi connectivity index (χ1n) is 5.63. The van der Waals surface area contributed by atoms with Crippen LogP contribution in [-0.2, 0) is 4.79 Å². The van der Waals surface area contributed by atoms with Crippen molar-refractivity contribution in [3.05, 3.63) is 21.8 Å². The van der Waals surface area contributed by atoms with Gasteiger partial charge in [0.2, 0.25) is 0 Å². The van der Waals surface area contributed by atoms with E-state index < -0.39 is 0 Å². The first-order chi connectivity index (χ1) is 8.08. The zero-order valence-corrected chi connectivity index (χ0v) is 12.0. The zero-order valence-electron chi connectivity index (χ0n) is 9.62. The van der Waals surface area contributed by atoms with E-state index in [1.165, 1.54) is 0 Å². The van der Waals surface area contributed by atoms with Crippen molar-refractivity contribution in [2.45, 2.75) is 31.7 Å². The average Bonchev–Trinajstić information content (AvgIpc) is 2.29. The van der Waals surface area contributed by atoms with Gasteiger partial charge < -0.3 is 4.90 Å². The van der Waals surface area contributed by atoms with Crippen LogP contribution in [0, 0.1) is 0 Å². The quantitative estimate of drug-likeness (QED) is 0.837. The predicted octanol–water partition coefficient (Wildman–Crippen LogP) is 3.45.